The van der Waals surface area contributed by atoms with Gasteiger partial charge in [0.1, 0.15) is 0 Å². The van der Waals surface area contributed by atoms with E-state index in [9.17, 15) is 0 Å². The maximum absolute atomic E-state index is 3.75. The monoisotopic (exact) mass is 231 g/mol. The van der Waals surface area contributed by atoms with E-state index in [1.165, 1.54) is 28.7 Å². The van der Waals surface area contributed by atoms with Crippen molar-refractivity contribution < 1.29 is 0 Å². The highest BCUT2D eigenvalue weighted by Gasteiger charge is 2.45. The fourth-order valence-corrected chi connectivity index (χ4v) is 2.59. The molecule has 1 fully saturated rings. The number of aryl methyl sites for hydroxylation is 3. The molecular weight excluding hydrogens is 206 g/mol. The Morgan fingerprint density at radius 2 is 1.65 bits per heavy atom. The third kappa shape index (κ3) is 2.55. The molecule has 2 atom stereocenters. The molecule has 2 unspecified atom stereocenters. The van der Waals surface area contributed by atoms with Gasteiger partial charge in [-0.05, 0) is 61.8 Å². The zero-order valence-corrected chi connectivity index (χ0v) is 12.0. The summed E-state index contributed by atoms with van der Waals surface area (Å²) in [6, 6.07) is 5.80. The van der Waals surface area contributed by atoms with Crippen molar-refractivity contribution in [2.75, 3.05) is 0 Å². The van der Waals surface area contributed by atoms with E-state index >= 15 is 0 Å². The maximum Gasteiger partial charge on any atom is 0.0297 e. The third-order valence-corrected chi connectivity index (χ3v) is 4.31. The van der Waals surface area contributed by atoms with Crippen LogP contribution in [0.25, 0.3) is 0 Å². The van der Waals surface area contributed by atoms with Crippen molar-refractivity contribution in [2.45, 2.75) is 60.0 Å². The van der Waals surface area contributed by atoms with E-state index in [2.05, 4.69) is 59.0 Å². The molecule has 0 bridgehead atoms. The first-order valence-electron chi connectivity index (χ1n) is 6.65. The van der Waals surface area contributed by atoms with E-state index in [4.69, 9.17) is 0 Å². The van der Waals surface area contributed by atoms with Crippen LogP contribution in [0.15, 0.2) is 12.1 Å². The SMILES string of the molecule is Cc1cc(C)c(C(C)NC2CC2(C)C)cc1C. The second kappa shape index (κ2) is 4.13. The van der Waals surface area contributed by atoms with Crippen LogP contribution in [0.5, 0.6) is 0 Å². The highest BCUT2D eigenvalue weighted by Crippen LogP contribution is 2.45. The first kappa shape index (κ1) is 12.6. The molecule has 0 saturated heterocycles. The Kier molecular flexibility index (Phi) is 3.07. The minimum Gasteiger partial charge on any atom is -0.307 e. The largest absolute Gasteiger partial charge is 0.307 e. The van der Waals surface area contributed by atoms with Crippen molar-refractivity contribution in [3.63, 3.8) is 0 Å². The Morgan fingerprint density at radius 1 is 1.12 bits per heavy atom. The Balaban J connectivity index is 2.14. The molecular formula is C16H25N. The molecule has 1 N–H and O–H groups in total. The molecule has 1 saturated carbocycles. The molecule has 0 aliphatic heterocycles. The van der Waals surface area contributed by atoms with Gasteiger partial charge in [0.05, 0.1) is 0 Å². The van der Waals surface area contributed by atoms with E-state index in [0.29, 0.717) is 17.5 Å². The molecule has 1 heteroatoms. The van der Waals surface area contributed by atoms with Gasteiger partial charge >= 0.3 is 0 Å². The summed E-state index contributed by atoms with van der Waals surface area (Å²) in [5, 5.41) is 3.75. The fraction of sp³-hybridized carbons (Fsp3) is 0.625. The van der Waals surface area contributed by atoms with E-state index < -0.39 is 0 Å². The minimum atomic E-state index is 0.459. The van der Waals surface area contributed by atoms with Crippen LogP contribution in [0.1, 0.15) is 55.5 Å². The molecule has 1 aliphatic rings. The van der Waals surface area contributed by atoms with Crippen LogP contribution in [-0.2, 0) is 0 Å². The van der Waals surface area contributed by atoms with E-state index in [0.717, 1.165) is 0 Å². The van der Waals surface area contributed by atoms with Crippen molar-refractivity contribution in [1.82, 2.24) is 5.32 Å². The van der Waals surface area contributed by atoms with Crippen LogP contribution in [0.3, 0.4) is 0 Å². The lowest BCUT2D eigenvalue weighted by Gasteiger charge is -2.19. The summed E-state index contributed by atoms with van der Waals surface area (Å²) in [4.78, 5) is 0. The lowest BCUT2D eigenvalue weighted by atomic mass is 9.96. The number of hydrogen-bond donors (Lipinski definition) is 1. The van der Waals surface area contributed by atoms with Crippen LogP contribution in [0.4, 0.5) is 0 Å². The predicted octanol–water partition coefficient (Wildman–Crippen LogP) is 4.06. The topological polar surface area (TPSA) is 12.0 Å². The van der Waals surface area contributed by atoms with Crippen LogP contribution < -0.4 is 5.32 Å². The summed E-state index contributed by atoms with van der Waals surface area (Å²) < 4.78 is 0. The van der Waals surface area contributed by atoms with Gasteiger partial charge in [-0.3, -0.25) is 0 Å². The number of hydrogen-bond acceptors (Lipinski definition) is 1. The molecule has 1 aromatic carbocycles. The second-order valence-electron chi connectivity index (χ2n) is 6.43. The van der Waals surface area contributed by atoms with E-state index in [-0.39, 0.29) is 0 Å². The standard InChI is InChI=1S/C16H25N/c1-10-7-12(3)14(8-11(10)2)13(4)17-15-9-16(15,5)6/h7-8,13,15,17H,9H2,1-6H3. The molecule has 0 aromatic heterocycles. The zero-order chi connectivity index (χ0) is 12.8. The van der Waals surface area contributed by atoms with E-state index in [1.54, 1.807) is 0 Å². The maximum atomic E-state index is 3.75. The Labute approximate surface area is 106 Å². The molecule has 0 spiro atoms. The zero-order valence-electron chi connectivity index (χ0n) is 12.0. The predicted molar refractivity (Wildman–Crippen MR) is 74.4 cm³/mol. The first-order chi connectivity index (χ1) is 7.81. The van der Waals surface area contributed by atoms with Crippen LogP contribution >= 0.6 is 0 Å². The van der Waals surface area contributed by atoms with Crippen molar-refractivity contribution in [2.24, 2.45) is 5.41 Å². The fourth-order valence-electron chi connectivity index (χ4n) is 2.59. The quantitative estimate of drug-likeness (QED) is 0.827. The summed E-state index contributed by atoms with van der Waals surface area (Å²) in [5.74, 6) is 0. The molecule has 1 aromatic rings. The molecule has 1 aliphatic carbocycles. The van der Waals surface area contributed by atoms with Gasteiger partial charge in [-0.1, -0.05) is 26.0 Å². The van der Waals surface area contributed by atoms with Gasteiger partial charge in [0.15, 0.2) is 0 Å². The summed E-state index contributed by atoms with van der Waals surface area (Å²) >= 11 is 0. The summed E-state index contributed by atoms with van der Waals surface area (Å²) in [7, 11) is 0. The smallest absolute Gasteiger partial charge is 0.0297 e. The van der Waals surface area contributed by atoms with Gasteiger partial charge in [-0.2, -0.15) is 0 Å². The average molecular weight is 231 g/mol. The van der Waals surface area contributed by atoms with Crippen molar-refractivity contribution in [3.05, 3.63) is 34.4 Å². The van der Waals surface area contributed by atoms with E-state index in [1.807, 2.05) is 0 Å². The molecule has 0 heterocycles. The highest BCUT2D eigenvalue weighted by atomic mass is 15.0. The van der Waals surface area contributed by atoms with Crippen molar-refractivity contribution in [1.29, 1.82) is 0 Å². The normalized spacial score (nSPS) is 23.5. The minimum absolute atomic E-state index is 0.459. The number of rotatable bonds is 3. The molecule has 0 radical (unpaired) electrons. The summed E-state index contributed by atoms with van der Waals surface area (Å²) in [6.45, 7) is 13.6. The highest BCUT2D eigenvalue weighted by molar-refractivity contribution is 5.38. The van der Waals surface area contributed by atoms with Crippen LogP contribution in [0, 0.1) is 26.2 Å². The van der Waals surface area contributed by atoms with Crippen LogP contribution in [0.2, 0.25) is 0 Å². The molecule has 94 valence electrons. The molecule has 17 heavy (non-hydrogen) atoms. The third-order valence-electron chi connectivity index (χ3n) is 4.31. The Bertz CT molecular complexity index is 431. The second-order valence-corrected chi connectivity index (χ2v) is 6.43. The van der Waals surface area contributed by atoms with Gasteiger partial charge in [-0.15, -0.1) is 0 Å². The summed E-state index contributed by atoms with van der Waals surface area (Å²) in [6.07, 6.45) is 1.31. The first-order valence-corrected chi connectivity index (χ1v) is 6.65. The van der Waals surface area contributed by atoms with Crippen molar-refractivity contribution in [3.8, 4) is 0 Å². The van der Waals surface area contributed by atoms with Gasteiger partial charge < -0.3 is 5.32 Å². The lowest BCUT2D eigenvalue weighted by Crippen LogP contribution is -2.25. The van der Waals surface area contributed by atoms with Gasteiger partial charge in [-0.25, -0.2) is 0 Å². The van der Waals surface area contributed by atoms with Gasteiger partial charge in [0.25, 0.3) is 0 Å². The Hall–Kier alpha value is -0.820. The molecule has 2 rings (SSSR count). The van der Waals surface area contributed by atoms with Gasteiger partial charge in [0.2, 0.25) is 0 Å². The lowest BCUT2D eigenvalue weighted by molar-refractivity contribution is 0.490. The number of benzene rings is 1. The van der Waals surface area contributed by atoms with Crippen LogP contribution in [-0.4, -0.2) is 6.04 Å². The van der Waals surface area contributed by atoms with Crippen molar-refractivity contribution >= 4 is 0 Å². The summed E-state index contributed by atoms with van der Waals surface area (Å²) in [5.41, 5.74) is 6.16. The average Bonchev–Trinajstić information content (AvgIpc) is 2.79. The Morgan fingerprint density at radius 3 is 2.18 bits per heavy atom. The number of nitrogens with one attached hydrogen (secondary N) is 1. The van der Waals surface area contributed by atoms with Gasteiger partial charge in [0, 0.05) is 12.1 Å². The molecule has 1 nitrogen and oxygen atoms in total. The molecule has 0 amide bonds.